The van der Waals surface area contributed by atoms with Gasteiger partial charge in [-0.1, -0.05) is 12.1 Å². The van der Waals surface area contributed by atoms with Gasteiger partial charge in [0.15, 0.2) is 0 Å². The topological polar surface area (TPSA) is 12.0 Å². The first-order valence-electron chi connectivity index (χ1n) is 5.97. The number of halogens is 3. The third-order valence-corrected chi connectivity index (χ3v) is 3.75. The molecule has 19 heavy (non-hydrogen) atoms. The second-order valence-electron chi connectivity index (χ2n) is 4.34. The molecular weight excluding hydrogens is 359 g/mol. The molecule has 100 valence electrons. The van der Waals surface area contributed by atoms with Gasteiger partial charge in [0.2, 0.25) is 0 Å². The first-order chi connectivity index (χ1) is 9.10. The third-order valence-electron chi connectivity index (χ3n) is 3.04. The van der Waals surface area contributed by atoms with Gasteiger partial charge in [0.05, 0.1) is 0 Å². The van der Waals surface area contributed by atoms with Crippen LogP contribution >= 0.6 is 22.6 Å². The van der Waals surface area contributed by atoms with E-state index in [1.54, 1.807) is 7.05 Å². The van der Waals surface area contributed by atoms with Crippen LogP contribution in [0.4, 0.5) is 8.78 Å². The number of likely N-dealkylation sites (N-methyl/N-ethyl adjacent to an activating group) is 1. The highest BCUT2D eigenvalue weighted by Gasteiger charge is 2.15. The van der Waals surface area contributed by atoms with Crippen LogP contribution in [-0.4, -0.2) is 7.05 Å². The first kappa shape index (κ1) is 14.4. The fourth-order valence-corrected chi connectivity index (χ4v) is 2.36. The molecule has 2 aromatic rings. The van der Waals surface area contributed by atoms with E-state index >= 15 is 0 Å². The van der Waals surface area contributed by atoms with Crippen molar-refractivity contribution in [1.29, 1.82) is 0 Å². The van der Waals surface area contributed by atoms with Gasteiger partial charge < -0.3 is 5.32 Å². The van der Waals surface area contributed by atoms with E-state index in [0.717, 1.165) is 15.2 Å². The zero-order valence-electron chi connectivity index (χ0n) is 10.5. The molecule has 4 heteroatoms. The fraction of sp³-hybridized carbons (Fsp3) is 0.200. The van der Waals surface area contributed by atoms with E-state index in [9.17, 15) is 8.78 Å². The molecule has 1 atom stereocenters. The van der Waals surface area contributed by atoms with Crippen LogP contribution in [-0.2, 0) is 6.42 Å². The van der Waals surface area contributed by atoms with E-state index in [0.29, 0.717) is 12.0 Å². The quantitative estimate of drug-likeness (QED) is 0.797. The van der Waals surface area contributed by atoms with E-state index in [1.807, 2.05) is 24.3 Å². The van der Waals surface area contributed by atoms with Gasteiger partial charge in [-0.3, -0.25) is 0 Å². The number of hydrogen-bond donors (Lipinski definition) is 1. The summed E-state index contributed by atoms with van der Waals surface area (Å²) in [6.07, 6.45) is 0.619. The predicted octanol–water partition coefficient (Wildman–Crippen LogP) is 4.07. The summed E-state index contributed by atoms with van der Waals surface area (Å²) in [5.41, 5.74) is 1.45. The molecule has 0 aliphatic rings. The molecule has 1 N–H and O–H groups in total. The second kappa shape index (κ2) is 6.43. The molecule has 0 aliphatic heterocycles. The van der Waals surface area contributed by atoms with Crippen molar-refractivity contribution in [3.8, 4) is 0 Å². The molecule has 0 radical (unpaired) electrons. The molecule has 0 aromatic heterocycles. The van der Waals surface area contributed by atoms with Crippen molar-refractivity contribution in [2.24, 2.45) is 0 Å². The molecule has 0 spiro atoms. The molecule has 1 unspecified atom stereocenters. The van der Waals surface area contributed by atoms with Crippen LogP contribution in [0.5, 0.6) is 0 Å². The van der Waals surface area contributed by atoms with E-state index in [1.165, 1.54) is 12.1 Å². The smallest absolute Gasteiger partial charge is 0.128 e. The molecule has 0 saturated heterocycles. The lowest BCUT2D eigenvalue weighted by molar-refractivity contribution is 0.523. The Bertz CT molecular complexity index is 555. The Morgan fingerprint density at radius 3 is 2.42 bits per heavy atom. The zero-order valence-corrected chi connectivity index (χ0v) is 12.6. The second-order valence-corrected chi connectivity index (χ2v) is 5.58. The van der Waals surface area contributed by atoms with Crippen molar-refractivity contribution in [1.82, 2.24) is 5.32 Å². The summed E-state index contributed by atoms with van der Waals surface area (Å²) in [5.74, 6) is -0.800. The Balaban J connectivity index is 2.24. The van der Waals surface area contributed by atoms with Crippen LogP contribution in [0.25, 0.3) is 0 Å². The average molecular weight is 373 g/mol. The van der Waals surface area contributed by atoms with Crippen molar-refractivity contribution in [2.45, 2.75) is 12.5 Å². The lowest BCUT2D eigenvalue weighted by atomic mass is 9.98. The van der Waals surface area contributed by atoms with E-state index in [2.05, 4.69) is 27.9 Å². The van der Waals surface area contributed by atoms with Crippen LogP contribution in [0, 0.1) is 15.2 Å². The van der Waals surface area contributed by atoms with Crippen LogP contribution in [0.1, 0.15) is 17.2 Å². The molecule has 2 aromatic carbocycles. The highest BCUT2D eigenvalue weighted by molar-refractivity contribution is 14.1. The highest BCUT2D eigenvalue weighted by atomic mass is 127. The standard InChI is InChI=1S/C15H14F2IN/c1-19-15(8-10-2-5-12(18)6-3-10)13-9-11(16)4-7-14(13)17/h2-7,9,15,19H,8H2,1H3. The third kappa shape index (κ3) is 3.73. The summed E-state index contributed by atoms with van der Waals surface area (Å²) in [6.45, 7) is 0. The molecule has 0 heterocycles. The minimum absolute atomic E-state index is 0.240. The van der Waals surface area contributed by atoms with Crippen LogP contribution in [0.3, 0.4) is 0 Å². The summed E-state index contributed by atoms with van der Waals surface area (Å²) in [4.78, 5) is 0. The Morgan fingerprint density at radius 2 is 1.79 bits per heavy atom. The van der Waals surface area contributed by atoms with Crippen LogP contribution < -0.4 is 5.32 Å². The lowest BCUT2D eigenvalue weighted by Gasteiger charge is -2.17. The average Bonchev–Trinajstić information content (AvgIpc) is 2.41. The summed E-state index contributed by atoms with van der Waals surface area (Å²) in [6, 6.07) is 11.3. The molecule has 0 aliphatic carbocycles. The van der Waals surface area contributed by atoms with Crippen molar-refractivity contribution < 1.29 is 8.78 Å². The Labute approximate surface area is 125 Å². The molecule has 2 rings (SSSR count). The maximum Gasteiger partial charge on any atom is 0.128 e. The number of hydrogen-bond acceptors (Lipinski definition) is 1. The van der Waals surface area contributed by atoms with Crippen molar-refractivity contribution >= 4 is 22.6 Å². The van der Waals surface area contributed by atoms with E-state index < -0.39 is 5.82 Å². The predicted molar refractivity (Wildman–Crippen MR) is 81.0 cm³/mol. The van der Waals surface area contributed by atoms with Gasteiger partial charge in [-0.05, 0) is 72.0 Å². The van der Waals surface area contributed by atoms with E-state index in [4.69, 9.17) is 0 Å². The Kier molecular flexibility index (Phi) is 4.87. The van der Waals surface area contributed by atoms with Crippen LogP contribution in [0.15, 0.2) is 42.5 Å². The fourth-order valence-electron chi connectivity index (χ4n) is 2.01. The summed E-state index contributed by atoms with van der Waals surface area (Å²) >= 11 is 2.24. The van der Waals surface area contributed by atoms with Gasteiger partial charge in [0.25, 0.3) is 0 Å². The monoisotopic (exact) mass is 373 g/mol. The van der Waals surface area contributed by atoms with Crippen molar-refractivity contribution in [2.75, 3.05) is 7.05 Å². The number of benzene rings is 2. The zero-order chi connectivity index (χ0) is 13.8. The largest absolute Gasteiger partial charge is 0.313 e. The summed E-state index contributed by atoms with van der Waals surface area (Å²) < 4.78 is 28.2. The van der Waals surface area contributed by atoms with Crippen molar-refractivity contribution in [3.05, 3.63) is 68.8 Å². The number of rotatable bonds is 4. The maximum absolute atomic E-state index is 13.8. The SMILES string of the molecule is CNC(Cc1ccc(I)cc1)c1cc(F)ccc1F. The van der Waals surface area contributed by atoms with Gasteiger partial charge in [-0.15, -0.1) is 0 Å². The normalized spacial score (nSPS) is 12.4. The minimum Gasteiger partial charge on any atom is -0.313 e. The van der Waals surface area contributed by atoms with Gasteiger partial charge in [0.1, 0.15) is 11.6 Å². The molecule has 1 nitrogen and oxygen atoms in total. The first-order valence-corrected chi connectivity index (χ1v) is 7.04. The molecule has 0 fully saturated rings. The van der Waals surface area contributed by atoms with Crippen molar-refractivity contribution in [3.63, 3.8) is 0 Å². The van der Waals surface area contributed by atoms with E-state index in [-0.39, 0.29) is 11.9 Å². The summed E-state index contributed by atoms with van der Waals surface area (Å²) in [7, 11) is 1.75. The molecule has 0 bridgehead atoms. The minimum atomic E-state index is -0.417. The highest BCUT2D eigenvalue weighted by Crippen LogP contribution is 2.22. The Morgan fingerprint density at radius 1 is 1.11 bits per heavy atom. The number of nitrogens with one attached hydrogen (secondary N) is 1. The lowest BCUT2D eigenvalue weighted by Crippen LogP contribution is -2.20. The van der Waals surface area contributed by atoms with Crippen LogP contribution in [0.2, 0.25) is 0 Å². The van der Waals surface area contributed by atoms with Gasteiger partial charge in [-0.25, -0.2) is 8.78 Å². The maximum atomic E-state index is 13.8. The molecule has 0 amide bonds. The van der Waals surface area contributed by atoms with Gasteiger partial charge in [0, 0.05) is 15.2 Å². The Hall–Kier alpha value is -1.01. The summed E-state index contributed by atoms with van der Waals surface area (Å²) in [5, 5.41) is 3.04. The molecule has 0 saturated carbocycles. The van der Waals surface area contributed by atoms with Gasteiger partial charge >= 0.3 is 0 Å². The molecular formula is C15H14F2IN. The van der Waals surface area contributed by atoms with Gasteiger partial charge in [-0.2, -0.15) is 0 Å².